The Bertz CT molecular complexity index is 648. The number of benzene rings is 1. The minimum atomic E-state index is -3.47. The molecule has 3 N–H and O–H groups in total. The molecule has 1 saturated heterocycles. The van der Waals surface area contributed by atoms with Gasteiger partial charge in [-0.2, -0.15) is 0 Å². The van der Waals surface area contributed by atoms with Crippen molar-refractivity contribution in [3.63, 3.8) is 0 Å². The average Bonchev–Trinajstić information content (AvgIpc) is 2.61. The third kappa shape index (κ3) is 6.45. The van der Waals surface area contributed by atoms with E-state index in [1.807, 2.05) is 0 Å². The fourth-order valence-electron chi connectivity index (χ4n) is 2.55. The van der Waals surface area contributed by atoms with Crippen LogP contribution in [0.2, 0.25) is 0 Å². The number of hydrogen-bond donors (Lipinski definition) is 3. The Morgan fingerprint density at radius 2 is 1.88 bits per heavy atom. The molecule has 1 aromatic rings. The van der Waals surface area contributed by atoms with Crippen molar-refractivity contribution in [1.82, 2.24) is 4.90 Å². The van der Waals surface area contributed by atoms with Crippen LogP contribution in [-0.2, 0) is 19.4 Å². The summed E-state index contributed by atoms with van der Waals surface area (Å²) in [5.41, 5.74) is 0. The van der Waals surface area contributed by atoms with Crippen LogP contribution in [0.4, 0.5) is 0 Å². The Kier molecular flexibility index (Phi) is 8.53. The van der Waals surface area contributed by atoms with Crippen molar-refractivity contribution >= 4 is 22.2 Å². The maximum Gasteiger partial charge on any atom is 0.290 e. The highest BCUT2D eigenvalue weighted by Gasteiger charge is 2.30. The molecule has 8 nitrogen and oxygen atoms in total. The summed E-state index contributed by atoms with van der Waals surface area (Å²) in [7, 11) is -3.47. The Morgan fingerprint density at radius 1 is 1.28 bits per heavy atom. The molecule has 0 bridgehead atoms. The molecule has 0 unspecified atom stereocenters. The third-order valence-corrected chi connectivity index (χ3v) is 5.73. The molecule has 0 saturated carbocycles. The van der Waals surface area contributed by atoms with E-state index in [-0.39, 0.29) is 48.5 Å². The highest BCUT2D eigenvalue weighted by atomic mass is 32.2. The lowest BCUT2D eigenvalue weighted by Crippen LogP contribution is -2.47. The van der Waals surface area contributed by atoms with E-state index in [4.69, 9.17) is 15.0 Å². The van der Waals surface area contributed by atoms with Crippen molar-refractivity contribution in [2.75, 3.05) is 25.4 Å². The van der Waals surface area contributed by atoms with Crippen molar-refractivity contribution in [2.24, 2.45) is 5.92 Å². The van der Waals surface area contributed by atoms with Gasteiger partial charge in [-0.1, -0.05) is 18.2 Å². The highest BCUT2D eigenvalue weighted by molar-refractivity contribution is 7.91. The molecule has 1 fully saturated rings. The van der Waals surface area contributed by atoms with E-state index in [1.54, 1.807) is 18.2 Å². The largest absolute Gasteiger partial charge is 0.483 e. The number of nitrogens with zero attached hydrogens (tertiary/aromatic N) is 1. The first-order chi connectivity index (χ1) is 11.9. The van der Waals surface area contributed by atoms with Crippen LogP contribution in [0.5, 0.6) is 0 Å². The molecule has 1 heterocycles. The molecule has 1 aliphatic rings. The van der Waals surface area contributed by atoms with Crippen LogP contribution in [-0.4, -0.2) is 72.6 Å². The lowest BCUT2D eigenvalue weighted by molar-refractivity contribution is -0.135. The monoisotopic (exact) mass is 373 g/mol. The number of carbonyl (C=O) groups is 2. The minimum Gasteiger partial charge on any atom is -0.483 e. The summed E-state index contributed by atoms with van der Waals surface area (Å²) in [5.74, 6) is -0.738. The molecule has 0 spiro atoms. The number of aliphatic hydroxyl groups is 2. The van der Waals surface area contributed by atoms with Crippen molar-refractivity contribution in [3.8, 4) is 0 Å². The Labute approximate surface area is 146 Å². The van der Waals surface area contributed by atoms with Gasteiger partial charge in [0.25, 0.3) is 6.47 Å². The average molecular weight is 373 g/mol. The summed E-state index contributed by atoms with van der Waals surface area (Å²) < 4.78 is 24.3. The van der Waals surface area contributed by atoms with E-state index >= 15 is 0 Å². The summed E-state index contributed by atoms with van der Waals surface area (Å²) in [4.78, 5) is 22.1. The molecule has 0 aliphatic carbocycles. The van der Waals surface area contributed by atoms with E-state index in [1.165, 1.54) is 17.0 Å². The molecule has 1 aromatic carbocycles. The van der Waals surface area contributed by atoms with Gasteiger partial charge in [-0.15, -0.1) is 0 Å². The quantitative estimate of drug-likeness (QED) is 0.606. The van der Waals surface area contributed by atoms with Gasteiger partial charge in [-0.3, -0.25) is 9.59 Å². The smallest absolute Gasteiger partial charge is 0.290 e. The topological polar surface area (TPSA) is 132 Å². The number of β-amino-alcohol motifs (C(OH)–C–C–N with tert-alkyl or cyclic N) is 1. The zero-order chi connectivity index (χ0) is 18.9. The first kappa shape index (κ1) is 21.1. The SMILES string of the molecule is O=C(CCS(=O)(=O)c1ccccc1)N1CC[C@H](CO)[C@H](O)C1.O=CO. The number of aliphatic hydroxyl groups excluding tert-OH is 2. The molecule has 1 aliphatic heterocycles. The fourth-order valence-corrected chi connectivity index (χ4v) is 3.80. The van der Waals surface area contributed by atoms with Gasteiger partial charge in [0.15, 0.2) is 9.84 Å². The van der Waals surface area contributed by atoms with Gasteiger partial charge in [0.05, 0.1) is 16.8 Å². The van der Waals surface area contributed by atoms with Crippen LogP contribution in [0.25, 0.3) is 0 Å². The van der Waals surface area contributed by atoms with Crippen LogP contribution in [0.15, 0.2) is 35.2 Å². The predicted molar refractivity (Wildman–Crippen MR) is 89.6 cm³/mol. The molecular formula is C16H23NO7S. The highest BCUT2D eigenvalue weighted by Crippen LogP contribution is 2.18. The van der Waals surface area contributed by atoms with Gasteiger partial charge in [0.1, 0.15) is 0 Å². The van der Waals surface area contributed by atoms with Gasteiger partial charge < -0.3 is 20.2 Å². The molecule has 140 valence electrons. The van der Waals surface area contributed by atoms with Crippen LogP contribution >= 0.6 is 0 Å². The second-order valence-electron chi connectivity index (χ2n) is 5.63. The van der Waals surface area contributed by atoms with Crippen LogP contribution in [0, 0.1) is 5.92 Å². The number of piperidine rings is 1. The van der Waals surface area contributed by atoms with Crippen LogP contribution < -0.4 is 0 Å². The van der Waals surface area contributed by atoms with E-state index in [9.17, 15) is 18.3 Å². The molecule has 25 heavy (non-hydrogen) atoms. The zero-order valence-electron chi connectivity index (χ0n) is 13.7. The van der Waals surface area contributed by atoms with Gasteiger partial charge in [-0.05, 0) is 18.6 Å². The number of carbonyl (C=O) groups excluding carboxylic acids is 1. The Balaban J connectivity index is 0.000000970. The van der Waals surface area contributed by atoms with E-state index < -0.39 is 15.9 Å². The molecule has 9 heteroatoms. The number of amides is 1. The second-order valence-corrected chi connectivity index (χ2v) is 7.73. The van der Waals surface area contributed by atoms with E-state index in [0.717, 1.165) is 0 Å². The molecule has 2 atom stereocenters. The lowest BCUT2D eigenvalue weighted by atomic mass is 9.94. The van der Waals surface area contributed by atoms with Gasteiger partial charge in [0, 0.05) is 32.0 Å². The summed E-state index contributed by atoms with van der Waals surface area (Å²) in [6.07, 6.45) is -0.337. The van der Waals surface area contributed by atoms with Crippen LogP contribution in [0.1, 0.15) is 12.8 Å². The number of likely N-dealkylation sites (tertiary alicyclic amines) is 1. The fraction of sp³-hybridized carbons (Fsp3) is 0.500. The van der Waals surface area contributed by atoms with Crippen molar-refractivity contribution in [3.05, 3.63) is 30.3 Å². The lowest BCUT2D eigenvalue weighted by Gasteiger charge is -2.35. The molecule has 0 radical (unpaired) electrons. The zero-order valence-corrected chi connectivity index (χ0v) is 14.5. The van der Waals surface area contributed by atoms with Crippen molar-refractivity contribution in [1.29, 1.82) is 0 Å². The van der Waals surface area contributed by atoms with Crippen molar-refractivity contribution < 1.29 is 33.3 Å². The van der Waals surface area contributed by atoms with Crippen LogP contribution in [0.3, 0.4) is 0 Å². The van der Waals surface area contributed by atoms with E-state index in [2.05, 4.69) is 0 Å². The third-order valence-electron chi connectivity index (χ3n) is 4.00. The Hall–Kier alpha value is -1.97. The Morgan fingerprint density at radius 3 is 2.40 bits per heavy atom. The minimum absolute atomic E-state index is 0.103. The second kappa shape index (κ2) is 10.1. The summed E-state index contributed by atoms with van der Waals surface area (Å²) in [5, 5.41) is 25.8. The standard InChI is InChI=1S/C15H21NO5S.CH2O2/c17-11-12-6-8-16(10-14(12)18)15(19)7-9-22(20,21)13-4-2-1-3-5-13;2-1-3/h1-5,12,14,17-18H,6-11H2;1H,(H,2,3)/t12-,14-;/m1./s1. The van der Waals surface area contributed by atoms with E-state index in [0.29, 0.717) is 13.0 Å². The summed E-state index contributed by atoms with van der Waals surface area (Å²) in [6.45, 7) is 0.230. The van der Waals surface area contributed by atoms with Crippen molar-refractivity contribution in [2.45, 2.75) is 23.8 Å². The molecule has 1 amide bonds. The molecule has 2 rings (SSSR count). The maximum absolute atomic E-state index is 12.1. The van der Waals surface area contributed by atoms with Gasteiger partial charge in [-0.25, -0.2) is 8.42 Å². The molecule has 0 aromatic heterocycles. The number of hydrogen-bond acceptors (Lipinski definition) is 6. The first-order valence-electron chi connectivity index (χ1n) is 7.78. The first-order valence-corrected chi connectivity index (χ1v) is 9.43. The normalized spacial score (nSPS) is 20.3. The molecular weight excluding hydrogens is 350 g/mol. The number of rotatable bonds is 5. The summed E-state index contributed by atoms with van der Waals surface area (Å²) >= 11 is 0. The summed E-state index contributed by atoms with van der Waals surface area (Å²) in [6, 6.07) is 8.04. The van der Waals surface area contributed by atoms with Gasteiger partial charge in [0.2, 0.25) is 5.91 Å². The maximum atomic E-state index is 12.1. The predicted octanol–water partition coefficient (Wildman–Crippen LogP) is -0.247. The number of sulfone groups is 1. The van der Waals surface area contributed by atoms with Gasteiger partial charge >= 0.3 is 0 Å². The number of carboxylic acid groups (broad SMARTS) is 1.